The van der Waals surface area contributed by atoms with Gasteiger partial charge < -0.3 is 5.73 Å². The number of aromatic nitrogens is 2. The lowest BCUT2D eigenvalue weighted by atomic mass is 10.0. The minimum atomic E-state index is -4.35. The van der Waals surface area contributed by atoms with Crippen LogP contribution in [-0.4, -0.2) is 9.97 Å². The molecule has 0 aliphatic carbocycles. The zero-order valence-corrected chi connectivity index (χ0v) is 9.49. The first-order valence-electron chi connectivity index (χ1n) is 5.14. The van der Waals surface area contributed by atoms with Crippen molar-refractivity contribution in [3.05, 3.63) is 41.7 Å². The van der Waals surface area contributed by atoms with Gasteiger partial charge >= 0.3 is 6.18 Å². The molecule has 0 unspecified atom stereocenters. The standard InChI is InChI=1S/C12H10F3N3/c1-7-6-8(12(13,14)15)2-3-9(7)10-11(16)18-5-4-17-10/h2-6H,1H3,(H2,16,18). The first-order valence-corrected chi connectivity index (χ1v) is 5.14. The van der Waals surface area contributed by atoms with E-state index in [2.05, 4.69) is 9.97 Å². The van der Waals surface area contributed by atoms with Gasteiger partial charge in [0.1, 0.15) is 11.5 Å². The monoisotopic (exact) mass is 253 g/mol. The lowest BCUT2D eigenvalue weighted by Crippen LogP contribution is -2.05. The van der Waals surface area contributed by atoms with Gasteiger partial charge in [0.2, 0.25) is 0 Å². The maximum absolute atomic E-state index is 12.5. The lowest BCUT2D eigenvalue weighted by Gasteiger charge is -2.11. The average Bonchev–Trinajstić information content (AvgIpc) is 2.29. The molecular weight excluding hydrogens is 243 g/mol. The summed E-state index contributed by atoms with van der Waals surface area (Å²) in [5.41, 5.74) is 6.36. The molecule has 3 nitrogen and oxygen atoms in total. The molecule has 0 radical (unpaired) electrons. The summed E-state index contributed by atoms with van der Waals surface area (Å²) in [6.45, 7) is 1.58. The van der Waals surface area contributed by atoms with Crippen molar-refractivity contribution >= 4 is 5.82 Å². The van der Waals surface area contributed by atoms with E-state index in [0.29, 0.717) is 16.8 Å². The molecule has 1 aromatic heterocycles. The number of rotatable bonds is 1. The first-order chi connectivity index (χ1) is 8.39. The van der Waals surface area contributed by atoms with Crippen molar-refractivity contribution in [2.45, 2.75) is 13.1 Å². The smallest absolute Gasteiger partial charge is 0.382 e. The van der Waals surface area contributed by atoms with Gasteiger partial charge in [-0.2, -0.15) is 13.2 Å². The Labute approximate surface area is 101 Å². The molecule has 0 fully saturated rings. The number of halogens is 3. The molecule has 2 rings (SSSR count). The summed E-state index contributed by atoms with van der Waals surface area (Å²) < 4.78 is 37.6. The van der Waals surface area contributed by atoms with Crippen LogP contribution in [0.5, 0.6) is 0 Å². The number of benzene rings is 1. The molecule has 0 spiro atoms. The number of hydrogen-bond acceptors (Lipinski definition) is 3. The largest absolute Gasteiger partial charge is 0.416 e. The number of hydrogen-bond donors (Lipinski definition) is 1. The predicted molar refractivity (Wildman–Crippen MR) is 61.6 cm³/mol. The molecule has 0 saturated heterocycles. The highest BCUT2D eigenvalue weighted by Gasteiger charge is 2.30. The molecular formula is C12H10F3N3. The lowest BCUT2D eigenvalue weighted by molar-refractivity contribution is -0.137. The van der Waals surface area contributed by atoms with Crippen LogP contribution in [0.15, 0.2) is 30.6 Å². The van der Waals surface area contributed by atoms with Crippen molar-refractivity contribution in [1.82, 2.24) is 9.97 Å². The number of alkyl halides is 3. The number of anilines is 1. The topological polar surface area (TPSA) is 51.8 Å². The summed E-state index contributed by atoms with van der Waals surface area (Å²) in [5, 5.41) is 0. The summed E-state index contributed by atoms with van der Waals surface area (Å²) in [4.78, 5) is 7.89. The number of nitrogen functional groups attached to an aromatic ring is 1. The first kappa shape index (κ1) is 12.3. The third kappa shape index (κ3) is 2.27. The van der Waals surface area contributed by atoms with Gasteiger partial charge in [-0.25, -0.2) is 4.98 Å². The highest BCUT2D eigenvalue weighted by molar-refractivity contribution is 5.72. The molecule has 1 heterocycles. The fourth-order valence-corrected chi connectivity index (χ4v) is 1.66. The van der Waals surface area contributed by atoms with Crippen LogP contribution in [0.2, 0.25) is 0 Å². The Kier molecular flexibility index (Phi) is 2.94. The molecule has 0 aliphatic heterocycles. The van der Waals surface area contributed by atoms with Gasteiger partial charge in [0, 0.05) is 18.0 Å². The third-order valence-electron chi connectivity index (χ3n) is 2.54. The predicted octanol–water partition coefficient (Wildman–Crippen LogP) is 3.05. The summed E-state index contributed by atoms with van der Waals surface area (Å²) in [7, 11) is 0. The Morgan fingerprint density at radius 2 is 1.78 bits per heavy atom. The normalized spacial score (nSPS) is 11.6. The molecule has 6 heteroatoms. The minimum Gasteiger partial charge on any atom is -0.382 e. The van der Waals surface area contributed by atoms with E-state index >= 15 is 0 Å². The Morgan fingerprint density at radius 3 is 2.33 bits per heavy atom. The van der Waals surface area contributed by atoms with Gasteiger partial charge in [0.25, 0.3) is 0 Å². The zero-order valence-electron chi connectivity index (χ0n) is 9.49. The maximum Gasteiger partial charge on any atom is 0.416 e. The third-order valence-corrected chi connectivity index (χ3v) is 2.54. The van der Waals surface area contributed by atoms with Crippen molar-refractivity contribution in [2.75, 3.05) is 5.73 Å². The zero-order chi connectivity index (χ0) is 13.3. The number of nitrogens with two attached hydrogens (primary N) is 1. The average molecular weight is 253 g/mol. The van der Waals surface area contributed by atoms with Crippen LogP contribution in [0.3, 0.4) is 0 Å². The van der Waals surface area contributed by atoms with Crippen LogP contribution in [0.4, 0.5) is 19.0 Å². The van der Waals surface area contributed by atoms with E-state index in [0.717, 1.165) is 12.1 Å². The van der Waals surface area contributed by atoms with Crippen LogP contribution in [0.25, 0.3) is 11.3 Å². The van der Waals surface area contributed by atoms with E-state index in [-0.39, 0.29) is 5.82 Å². The van der Waals surface area contributed by atoms with Gasteiger partial charge in [0.05, 0.1) is 5.56 Å². The van der Waals surface area contributed by atoms with Gasteiger partial charge in [-0.05, 0) is 24.6 Å². The second kappa shape index (κ2) is 4.29. The quantitative estimate of drug-likeness (QED) is 0.849. The van der Waals surface area contributed by atoms with E-state index in [1.54, 1.807) is 6.92 Å². The second-order valence-corrected chi connectivity index (χ2v) is 3.82. The molecule has 2 aromatic rings. The van der Waals surface area contributed by atoms with Crippen LogP contribution in [0.1, 0.15) is 11.1 Å². The van der Waals surface area contributed by atoms with Crippen molar-refractivity contribution in [1.29, 1.82) is 0 Å². The minimum absolute atomic E-state index is 0.195. The molecule has 94 valence electrons. The molecule has 0 amide bonds. The summed E-state index contributed by atoms with van der Waals surface area (Å²) in [5.74, 6) is 0.195. The van der Waals surface area contributed by atoms with E-state index < -0.39 is 11.7 Å². The van der Waals surface area contributed by atoms with Crippen molar-refractivity contribution in [2.24, 2.45) is 0 Å². The van der Waals surface area contributed by atoms with Crippen LogP contribution in [-0.2, 0) is 6.18 Å². The van der Waals surface area contributed by atoms with Gasteiger partial charge in [0.15, 0.2) is 0 Å². The summed E-state index contributed by atoms with van der Waals surface area (Å²) in [6, 6.07) is 3.44. The molecule has 18 heavy (non-hydrogen) atoms. The van der Waals surface area contributed by atoms with Crippen molar-refractivity contribution < 1.29 is 13.2 Å². The highest BCUT2D eigenvalue weighted by atomic mass is 19.4. The van der Waals surface area contributed by atoms with Crippen LogP contribution < -0.4 is 5.73 Å². The van der Waals surface area contributed by atoms with E-state index in [1.807, 2.05) is 0 Å². The molecule has 0 bridgehead atoms. The van der Waals surface area contributed by atoms with Crippen LogP contribution >= 0.6 is 0 Å². The Hall–Kier alpha value is -2.11. The Bertz CT molecular complexity index is 579. The highest BCUT2D eigenvalue weighted by Crippen LogP contribution is 2.33. The second-order valence-electron chi connectivity index (χ2n) is 3.82. The molecule has 1 aromatic carbocycles. The van der Waals surface area contributed by atoms with E-state index in [9.17, 15) is 13.2 Å². The molecule has 0 aliphatic rings. The van der Waals surface area contributed by atoms with E-state index in [4.69, 9.17) is 5.73 Å². The van der Waals surface area contributed by atoms with Crippen LogP contribution in [0, 0.1) is 6.92 Å². The number of nitrogens with zero attached hydrogens (tertiary/aromatic N) is 2. The summed E-state index contributed by atoms with van der Waals surface area (Å²) in [6.07, 6.45) is -1.47. The molecule has 0 saturated carbocycles. The van der Waals surface area contributed by atoms with Gasteiger partial charge in [-0.3, -0.25) is 4.98 Å². The number of aryl methyl sites for hydroxylation is 1. The molecule has 0 atom stereocenters. The summed E-state index contributed by atoms with van der Waals surface area (Å²) >= 11 is 0. The van der Waals surface area contributed by atoms with Gasteiger partial charge in [-0.15, -0.1) is 0 Å². The van der Waals surface area contributed by atoms with Crippen molar-refractivity contribution in [3.8, 4) is 11.3 Å². The van der Waals surface area contributed by atoms with Gasteiger partial charge in [-0.1, -0.05) is 6.07 Å². The Morgan fingerprint density at radius 1 is 1.11 bits per heavy atom. The SMILES string of the molecule is Cc1cc(C(F)(F)F)ccc1-c1nccnc1N. The fourth-order valence-electron chi connectivity index (χ4n) is 1.66. The van der Waals surface area contributed by atoms with E-state index in [1.165, 1.54) is 18.5 Å². The Balaban J connectivity index is 2.52. The molecule has 2 N–H and O–H groups in total. The fraction of sp³-hybridized carbons (Fsp3) is 0.167. The maximum atomic E-state index is 12.5. The van der Waals surface area contributed by atoms with Crippen molar-refractivity contribution in [3.63, 3.8) is 0 Å².